The Morgan fingerprint density at radius 3 is 3.05 bits per heavy atom. The number of halogens is 1. The summed E-state index contributed by atoms with van der Waals surface area (Å²) in [5.74, 6) is -1.38. The van der Waals surface area contributed by atoms with Crippen LogP contribution in [0.5, 0.6) is 0 Å². The minimum atomic E-state index is -1.05. The number of nitrogens with zero attached hydrogens (tertiary/aromatic N) is 2. The van der Waals surface area contributed by atoms with Crippen molar-refractivity contribution in [3.8, 4) is 0 Å². The van der Waals surface area contributed by atoms with E-state index in [0.717, 1.165) is 8.62 Å². The molecule has 0 fully saturated rings. The van der Waals surface area contributed by atoms with E-state index in [0.29, 0.717) is 11.3 Å². The van der Waals surface area contributed by atoms with Gasteiger partial charge >= 0.3 is 5.97 Å². The van der Waals surface area contributed by atoms with Crippen molar-refractivity contribution in [1.82, 2.24) is 20.2 Å². The van der Waals surface area contributed by atoms with Crippen LogP contribution < -0.4 is 10.6 Å². The molecule has 2 aromatic rings. The largest absolute Gasteiger partial charge is 0.478 e. The van der Waals surface area contributed by atoms with Crippen molar-refractivity contribution in [2.45, 2.75) is 13.0 Å². The minimum absolute atomic E-state index is 0.0902. The maximum Gasteiger partial charge on any atom is 0.337 e. The van der Waals surface area contributed by atoms with E-state index in [1.807, 2.05) is 6.92 Å². The standard InChI is InChI=1S/C13H11BrN4O3S/c1-6-9(2-7(3-15-6)13(20)21)17-11(19)8-4-16-18-5-10(14)22-12(8)18/h2-6,15H,1H3,(H,17,19)(H,20,21). The molecule has 1 aliphatic rings. The first-order valence-electron chi connectivity index (χ1n) is 6.31. The molecule has 3 heterocycles. The lowest BCUT2D eigenvalue weighted by atomic mass is 10.1. The van der Waals surface area contributed by atoms with Gasteiger partial charge < -0.3 is 15.7 Å². The highest BCUT2D eigenvalue weighted by atomic mass is 79.9. The number of aromatic nitrogens is 2. The highest BCUT2D eigenvalue weighted by Crippen LogP contribution is 2.26. The second-order valence-electron chi connectivity index (χ2n) is 4.69. The van der Waals surface area contributed by atoms with Crippen molar-refractivity contribution < 1.29 is 14.7 Å². The lowest BCUT2D eigenvalue weighted by molar-refractivity contribution is -0.132. The summed E-state index contributed by atoms with van der Waals surface area (Å²) in [5.41, 5.74) is 1.03. The van der Waals surface area contributed by atoms with Crippen LogP contribution in [0.15, 0.2) is 39.7 Å². The number of hydrogen-bond donors (Lipinski definition) is 3. The summed E-state index contributed by atoms with van der Waals surface area (Å²) in [5, 5.41) is 18.8. The zero-order valence-corrected chi connectivity index (χ0v) is 13.7. The fraction of sp³-hybridized carbons (Fsp3) is 0.154. The van der Waals surface area contributed by atoms with Gasteiger partial charge in [0.1, 0.15) is 4.83 Å². The van der Waals surface area contributed by atoms with Gasteiger partial charge in [-0.1, -0.05) is 0 Å². The number of fused-ring (bicyclic) bond motifs is 1. The van der Waals surface area contributed by atoms with Crippen LogP contribution in [0.1, 0.15) is 17.3 Å². The Kier molecular flexibility index (Phi) is 3.75. The fourth-order valence-electron chi connectivity index (χ4n) is 2.02. The molecular formula is C13H11BrN4O3S. The Morgan fingerprint density at radius 1 is 1.55 bits per heavy atom. The number of carbonyl (C=O) groups excluding carboxylic acids is 1. The highest BCUT2D eigenvalue weighted by Gasteiger charge is 2.21. The number of amides is 1. The van der Waals surface area contributed by atoms with Crippen LogP contribution in [0.25, 0.3) is 4.83 Å². The number of carboxylic acid groups (broad SMARTS) is 1. The molecule has 3 N–H and O–H groups in total. The van der Waals surface area contributed by atoms with E-state index in [4.69, 9.17) is 5.11 Å². The van der Waals surface area contributed by atoms with Gasteiger partial charge in [0.15, 0.2) is 0 Å². The van der Waals surface area contributed by atoms with Gasteiger partial charge in [-0.25, -0.2) is 9.31 Å². The number of carboxylic acids is 1. The summed E-state index contributed by atoms with van der Waals surface area (Å²) in [6.07, 6.45) is 6.12. The van der Waals surface area contributed by atoms with Gasteiger partial charge in [0.25, 0.3) is 5.91 Å². The summed E-state index contributed by atoms with van der Waals surface area (Å²) in [6, 6.07) is -0.187. The minimum Gasteiger partial charge on any atom is -0.478 e. The van der Waals surface area contributed by atoms with Crippen LogP contribution in [0.4, 0.5) is 0 Å². The molecule has 3 rings (SSSR count). The highest BCUT2D eigenvalue weighted by molar-refractivity contribution is 9.11. The zero-order chi connectivity index (χ0) is 15.9. The van der Waals surface area contributed by atoms with Crippen LogP contribution in [-0.4, -0.2) is 32.6 Å². The molecule has 0 aliphatic carbocycles. The maximum absolute atomic E-state index is 12.4. The van der Waals surface area contributed by atoms with Crippen molar-refractivity contribution in [2.24, 2.45) is 0 Å². The number of rotatable bonds is 3. The summed E-state index contributed by atoms with van der Waals surface area (Å²) in [6.45, 7) is 1.83. The van der Waals surface area contributed by atoms with Gasteiger partial charge in [0.2, 0.25) is 0 Å². The van der Waals surface area contributed by atoms with Crippen molar-refractivity contribution >= 4 is 44.0 Å². The molecular weight excluding hydrogens is 372 g/mol. The average molecular weight is 383 g/mol. The Hall–Kier alpha value is -2.13. The third-order valence-electron chi connectivity index (χ3n) is 3.18. The monoisotopic (exact) mass is 382 g/mol. The SMILES string of the molecule is CC1NC=C(C(=O)O)C=C1NC(=O)c1cnn2cc(Br)sc12. The molecule has 1 aliphatic heterocycles. The van der Waals surface area contributed by atoms with Gasteiger partial charge in [-0.3, -0.25) is 4.79 Å². The quantitative estimate of drug-likeness (QED) is 0.751. The average Bonchev–Trinajstić information content (AvgIpc) is 2.99. The molecule has 0 saturated carbocycles. The normalized spacial score (nSPS) is 17.6. The Labute approximate surface area is 137 Å². The summed E-state index contributed by atoms with van der Waals surface area (Å²) < 4.78 is 2.48. The van der Waals surface area contributed by atoms with E-state index >= 15 is 0 Å². The van der Waals surface area contributed by atoms with Gasteiger partial charge in [-0.2, -0.15) is 5.10 Å². The Balaban J connectivity index is 1.87. The third-order valence-corrected chi connectivity index (χ3v) is 4.77. The van der Waals surface area contributed by atoms with Gasteiger partial charge in [0.05, 0.1) is 33.4 Å². The summed E-state index contributed by atoms with van der Waals surface area (Å²) >= 11 is 4.75. The Bertz CT molecular complexity index is 836. The third kappa shape index (κ3) is 2.64. The number of thiazole rings is 1. The van der Waals surface area contributed by atoms with E-state index in [1.54, 1.807) is 10.7 Å². The molecule has 0 radical (unpaired) electrons. The Morgan fingerprint density at radius 2 is 2.32 bits per heavy atom. The molecule has 1 atom stereocenters. The van der Waals surface area contributed by atoms with E-state index in [9.17, 15) is 9.59 Å². The molecule has 0 saturated heterocycles. The first-order chi connectivity index (χ1) is 10.5. The van der Waals surface area contributed by atoms with Crippen LogP contribution in [0, 0.1) is 0 Å². The lowest BCUT2D eigenvalue weighted by Crippen LogP contribution is -2.37. The molecule has 0 aromatic carbocycles. The fourth-order valence-corrected chi connectivity index (χ4v) is 3.46. The summed E-state index contributed by atoms with van der Waals surface area (Å²) in [7, 11) is 0. The van der Waals surface area contributed by atoms with Gasteiger partial charge in [-0.15, -0.1) is 11.3 Å². The first kappa shape index (κ1) is 14.8. The molecule has 22 heavy (non-hydrogen) atoms. The van der Waals surface area contributed by atoms with Crippen molar-refractivity contribution in [3.63, 3.8) is 0 Å². The number of hydrogen-bond acceptors (Lipinski definition) is 5. The number of carbonyl (C=O) groups is 2. The molecule has 9 heteroatoms. The molecule has 1 amide bonds. The van der Waals surface area contributed by atoms with E-state index < -0.39 is 5.97 Å². The van der Waals surface area contributed by atoms with Gasteiger partial charge in [-0.05, 0) is 28.9 Å². The van der Waals surface area contributed by atoms with Crippen LogP contribution in [0.3, 0.4) is 0 Å². The number of nitrogens with one attached hydrogen (secondary N) is 2. The molecule has 7 nitrogen and oxygen atoms in total. The molecule has 2 aromatic heterocycles. The van der Waals surface area contributed by atoms with E-state index in [-0.39, 0.29) is 17.5 Å². The molecule has 0 spiro atoms. The van der Waals surface area contributed by atoms with Crippen molar-refractivity contribution in [3.05, 3.63) is 45.3 Å². The second-order valence-corrected chi connectivity index (χ2v) is 7.10. The van der Waals surface area contributed by atoms with Crippen molar-refractivity contribution in [2.75, 3.05) is 0 Å². The zero-order valence-electron chi connectivity index (χ0n) is 11.3. The maximum atomic E-state index is 12.4. The molecule has 0 bridgehead atoms. The lowest BCUT2D eigenvalue weighted by Gasteiger charge is -2.21. The predicted octanol–water partition coefficient (Wildman–Crippen LogP) is 1.73. The smallest absolute Gasteiger partial charge is 0.337 e. The van der Waals surface area contributed by atoms with Crippen LogP contribution >= 0.6 is 27.3 Å². The molecule has 1 unspecified atom stereocenters. The van der Waals surface area contributed by atoms with Crippen LogP contribution in [0.2, 0.25) is 0 Å². The molecule has 114 valence electrons. The summed E-state index contributed by atoms with van der Waals surface area (Å²) in [4.78, 5) is 24.1. The van der Waals surface area contributed by atoms with Gasteiger partial charge in [0, 0.05) is 11.9 Å². The topological polar surface area (TPSA) is 95.7 Å². The van der Waals surface area contributed by atoms with E-state index in [2.05, 4.69) is 31.7 Å². The van der Waals surface area contributed by atoms with Crippen molar-refractivity contribution in [1.29, 1.82) is 0 Å². The number of dihydropyridines is 1. The van der Waals surface area contributed by atoms with Crippen LogP contribution in [-0.2, 0) is 4.79 Å². The second kappa shape index (κ2) is 5.58. The predicted molar refractivity (Wildman–Crippen MR) is 84.6 cm³/mol. The number of aliphatic carboxylic acids is 1. The first-order valence-corrected chi connectivity index (χ1v) is 7.92. The van der Waals surface area contributed by atoms with E-state index in [1.165, 1.54) is 29.8 Å².